The molecule has 3 N–H and O–H groups in total. The number of amides is 1. The fourth-order valence-corrected chi connectivity index (χ4v) is 4.89. The number of halogens is 1. The molecule has 3 heterocycles. The molecule has 10 heteroatoms. The van der Waals surface area contributed by atoms with Crippen molar-refractivity contribution in [2.75, 3.05) is 4.90 Å². The summed E-state index contributed by atoms with van der Waals surface area (Å²) in [6.07, 6.45) is 0. The van der Waals surface area contributed by atoms with Crippen LogP contribution in [-0.4, -0.2) is 37.8 Å². The number of aryl methyl sites for hydroxylation is 1. The van der Waals surface area contributed by atoms with Crippen LogP contribution in [0.4, 0.5) is 5.95 Å². The monoisotopic (exact) mass is 527 g/mol. The number of aliphatic hydroxyl groups is 1. The molecule has 1 amide bonds. The minimum Gasteiger partial charge on any atom is -0.503 e. The number of carboxylic acid groups (broad SMARTS) is 1. The number of carbonyl (C=O) groups is 3. The molecule has 1 unspecified atom stereocenters. The summed E-state index contributed by atoms with van der Waals surface area (Å²) in [6, 6.07) is 16.9. The van der Waals surface area contributed by atoms with E-state index in [4.69, 9.17) is 16.0 Å². The lowest BCUT2D eigenvalue weighted by molar-refractivity contribution is -0.117. The van der Waals surface area contributed by atoms with Gasteiger partial charge in [-0.25, -0.2) is 9.78 Å². The zero-order valence-electron chi connectivity index (χ0n) is 19.7. The summed E-state index contributed by atoms with van der Waals surface area (Å²) in [4.78, 5) is 47.3. The molecule has 9 nitrogen and oxygen atoms in total. The van der Waals surface area contributed by atoms with E-state index in [1.807, 2.05) is 13.0 Å². The fourth-order valence-electron chi connectivity index (χ4n) is 4.71. The van der Waals surface area contributed by atoms with Crippen molar-refractivity contribution < 1.29 is 29.0 Å². The van der Waals surface area contributed by atoms with Crippen molar-refractivity contribution >= 4 is 57.2 Å². The molecule has 0 saturated carbocycles. The first-order chi connectivity index (χ1) is 18.2. The van der Waals surface area contributed by atoms with Crippen LogP contribution in [-0.2, 0) is 4.79 Å². The van der Waals surface area contributed by atoms with Gasteiger partial charge in [0.15, 0.2) is 11.5 Å². The summed E-state index contributed by atoms with van der Waals surface area (Å²) in [7, 11) is 0. The van der Waals surface area contributed by atoms with Crippen molar-refractivity contribution in [2.24, 2.45) is 0 Å². The van der Waals surface area contributed by atoms with Crippen molar-refractivity contribution in [3.8, 4) is 0 Å². The summed E-state index contributed by atoms with van der Waals surface area (Å²) in [5, 5.41) is 21.4. The standard InChI is InChI=1S/C28H18ClN3O6/c1-13-3-2-4-14(9-13)23-22(24(33)21-12-16-10-17(29)6-8-20(16)38-21)25(34)26(35)32(23)28-30-18-7-5-15(27(36)37)11-19(18)31-28/h2-12,23,34H,1H3,(H,30,31)(H,36,37). The number of hydrogen-bond donors (Lipinski definition) is 3. The highest BCUT2D eigenvalue weighted by atomic mass is 35.5. The number of aromatic nitrogens is 2. The van der Waals surface area contributed by atoms with Gasteiger partial charge < -0.3 is 19.6 Å². The van der Waals surface area contributed by atoms with E-state index in [0.29, 0.717) is 32.6 Å². The Bertz CT molecular complexity index is 1850. The highest BCUT2D eigenvalue weighted by Crippen LogP contribution is 2.42. The molecule has 1 atom stereocenters. The molecular weight excluding hydrogens is 510 g/mol. The Labute approximate surface area is 219 Å². The number of hydrogen-bond acceptors (Lipinski definition) is 6. The van der Waals surface area contributed by atoms with Crippen LogP contribution >= 0.6 is 11.6 Å². The number of aromatic amines is 1. The molecule has 2 aromatic heterocycles. The van der Waals surface area contributed by atoms with Gasteiger partial charge in [0.1, 0.15) is 5.58 Å². The minimum absolute atomic E-state index is 0.0394. The van der Waals surface area contributed by atoms with Gasteiger partial charge in [-0.3, -0.25) is 14.5 Å². The zero-order valence-corrected chi connectivity index (χ0v) is 20.5. The van der Waals surface area contributed by atoms with Crippen molar-refractivity contribution in [3.63, 3.8) is 0 Å². The van der Waals surface area contributed by atoms with Crippen LogP contribution in [0.15, 0.2) is 82.5 Å². The maximum Gasteiger partial charge on any atom is 0.335 e. The average Bonchev–Trinajstić information content (AvgIpc) is 3.57. The Balaban J connectivity index is 1.50. The van der Waals surface area contributed by atoms with Crippen LogP contribution in [0.3, 0.4) is 0 Å². The van der Waals surface area contributed by atoms with Gasteiger partial charge in [0.05, 0.1) is 28.2 Å². The first-order valence-corrected chi connectivity index (χ1v) is 11.9. The summed E-state index contributed by atoms with van der Waals surface area (Å²) in [5.41, 5.74) is 2.53. The van der Waals surface area contributed by atoms with Crippen LogP contribution in [0.1, 0.15) is 38.1 Å². The number of carboxylic acids is 1. The van der Waals surface area contributed by atoms with E-state index in [2.05, 4.69) is 9.97 Å². The number of benzene rings is 3. The lowest BCUT2D eigenvalue weighted by Gasteiger charge is -2.24. The molecule has 5 aromatic rings. The molecule has 0 saturated heterocycles. The molecular formula is C28H18ClN3O6. The SMILES string of the molecule is Cc1cccc(C2C(C(=O)c3cc4cc(Cl)ccc4o3)=C(O)C(=O)N2c2nc3ccc(C(=O)O)cc3[nH]2)c1. The maximum absolute atomic E-state index is 13.8. The van der Waals surface area contributed by atoms with E-state index in [-0.39, 0.29) is 22.8 Å². The topological polar surface area (TPSA) is 137 Å². The first kappa shape index (κ1) is 23.5. The van der Waals surface area contributed by atoms with Crippen molar-refractivity contribution in [1.82, 2.24) is 9.97 Å². The number of furan rings is 1. The predicted octanol–water partition coefficient (Wildman–Crippen LogP) is 5.75. The zero-order chi connectivity index (χ0) is 26.7. The third-order valence-corrected chi connectivity index (χ3v) is 6.69. The van der Waals surface area contributed by atoms with Crippen LogP contribution in [0, 0.1) is 6.92 Å². The highest BCUT2D eigenvalue weighted by Gasteiger charge is 2.46. The molecule has 0 radical (unpaired) electrons. The number of imidazole rings is 1. The quantitative estimate of drug-likeness (QED) is 0.247. The number of Topliss-reactive ketones (excluding diaryl/α,β-unsaturated/α-hetero) is 1. The van der Waals surface area contributed by atoms with E-state index in [1.165, 1.54) is 29.2 Å². The minimum atomic E-state index is -1.11. The number of H-pyrrole nitrogens is 1. The van der Waals surface area contributed by atoms with E-state index in [9.17, 15) is 24.6 Å². The third-order valence-electron chi connectivity index (χ3n) is 6.46. The Morgan fingerprint density at radius 1 is 1.08 bits per heavy atom. The molecule has 0 fully saturated rings. The van der Waals surface area contributed by atoms with Gasteiger partial charge >= 0.3 is 5.97 Å². The Morgan fingerprint density at radius 2 is 1.89 bits per heavy atom. The normalized spacial score (nSPS) is 15.7. The average molecular weight is 528 g/mol. The van der Waals surface area contributed by atoms with Crippen LogP contribution in [0.5, 0.6) is 0 Å². The smallest absolute Gasteiger partial charge is 0.335 e. The van der Waals surface area contributed by atoms with Gasteiger partial charge in [-0.2, -0.15) is 0 Å². The number of carbonyl (C=O) groups excluding carboxylic acids is 2. The third kappa shape index (κ3) is 3.72. The number of aromatic carboxylic acids is 1. The lowest BCUT2D eigenvalue weighted by atomic mass is 9.94. The number of rotatable bonds is 5. The number of aliphatic hydroxyl groups excluding tert-OH is 1. The summed E-state index contributed by atoms with van der Waals surface area (Å²) >= 11 is 6.07. The second-order valence-electron chi connectivity index (χ2n) is 8.97. The van der Waals surface area contributed by atoms with Crippen LogP contribution < -0.4 is 4.90 Å². The number of nitrogens with one attached hydrogen (secondary N) is 1. The summed E-state index contributed by atoms with van der Waals surface area (Å²) in [6.45, 7) is 1.87. The van der Waals surface area contributed by atoms with Gasteiger partial charge in [-0.1, -0.05) is 41.4 Å². The maximum atomic E-state index is 13.8. The van der Waals surface area contributed by atoms with Crippen LogP contribution in [0.25, 0.3) is 22.0 Å². The van der Waals surface area contributed by atoms with Crippen LogP contribution in [0.2, 0.25) is 5.02 Å². The molecule has 38 heavy (non-hydrogen) atoms. The van der Waals surface area contributed by atoms with E-state index >= 15 is 0 Å². The van der Waals surface area contributed by atoms with Crippen molar-refractivity contribution in [2.45, 2.75) is 13.0 Å². The van der Waals surface area contributed by atoms with Gasteiger partial charge in [0.2, 0.25) is 11.7 Å². The Hall–Kier alpha value is -4.89. The second kappa shape index (κ2) is 8.60. The van der Waals surface area contributed by atoms with E-state index in [1.54, 1.807) is 36.4 Å². The lowest BCUT2D eigenvalue weighted by Crippen LogP contribution is -2.32. The summed E-state index contributed by atoms with van der Waals surface area (Å²) < 4.78 is 5.75. The largest absolute Gasteiger partial charge is 0.503 e. The second-order valence-corrected chi connectivity index (χ2v) is 9.41. The molecule has 0 spiro atoms. The number of anilines is 1. The molecule has 0 aliphatic carbocycles. The van der Waals surface area contributed by atoms with Gasteiger partial charge in [-0.05, 0) is 55.0 Å². The number of nitrogens with zero attached hydrogens (tertiary/aromatic N) is 2. The molecule has 1 aliphatic heterocycles. The van der Waals surface area contributed by atoms with Crippen molar-refractivity contribution in [1.29, 1.82) is 0 Å². The predicted molar refractivity (Wildman–Crippen MR) is 140 cm³/mol. The first-order valence-electron chi connectivity index (χ1n) is 11.5. The van der Waals surface area contributed by atoms with E-state index in [0.717, 1.165) is 5.56 Å². The van der Waals surface area contributed by atoms with Gasteiger partial charge in [0, 0.05) is 10.4 Å². The Kier molecular flexibility index (Phi) is 5.32. The fraction of sp³-hybridized carbons (Fsp3) is 0.0714. The summed E-state index contributed by atoms with van der Waals surface area (Å²) in [5.74, 6) is -3.36. The molecule has 188 valence electrons. The molecule has 6 rings (SSSR count). The molecule has 3 aromatic carbocycles. The number of fused-ring (bicyclic) bond motifs is 2. The van der Waals surface area contributed by atoms with Gasteiger partial charge in [-0.15, -0.1) is 0 Å². The molecule has 1 aliphatic rings. The highest BCUT2D eigenvalue weighted by molar-refractivity contribution is 6.31. The number of ketones is 1. The van der Waals surface area contributed by atoms with Gasteiger partial charge in [0.25, 0.3) is 5.91 Å². The van der Waals surface area contributed by atoms with Crippen molar-refractivity contribution in [3.05, 3.63) is 106 Å². The van der Waals surface area contributed by atoms with E-state index < -0.39 is 29.5 Å². The molecule has 0 bridgehead atoms. The Morgan fingerprint density at radius 3 is 2.66 bits per heavy atom.